The van der Waals surface area contributed by atoms with Crippen LogP contribution >= 0.6 is 23.2 Å². The van der Waals surface area contributed by atoms with Crippen LogP contribution in [0.4, 0.5) is 11.8 Å². The number of anilines is 2. The van der Waals surface area contributed by atoms with Crippen LogP contribution in [0.5, 0.6) is 11.5 Å². The van der Waals surface area contributed by atoms with Crippen LogP contribution in [0, 0.1) is 11.8 Å². The molecule has 0 radical (unpaired) electrons. The number of aromatic nitrogens is 3. The number of rotatable bonds is 14. The van der Waals surface area contributed by atoms with E-state index in [0.29, 0.717) is 75.6 Å². The van der Waals surface area contributed by atoms with Crippen molar-refractivity contribution in [3.63, 3.8) is 0 Å². The lowest BCUT2D eigenvalue weighted by atomic mass is 9.97. The Hall–Kier alpha value is -3.14. The standard InChI is InChI=1S/C30H37Cl2N5O4/c1-6-20(38)11-19-15-41-16-22(19)36-30-34-14-18-12-21(25-26(31)23(39-4)13-24(40-5)27(25)32)35-29(28(18)37-30)33-10-8-7-9-17(2)3/h6,12-14,17,19,22H,1,7-11,15-16H2,2-5H3,(H,33,35)(H,34,36,37)/t19-,22+/m0/s1. The first kappa shape index (κ1) is 30.8. The summed E-state index contributed by atoms with van der Waals surface area (Å²) in [5, 5.41) is 8.24. The molecule has 1 aliphatic rings. The van der Waals surface area contributed by atoms with Gasteiger partial charge in [0.25, 0.3) is 0 Å². The number of pyridine rings is 1. The van der Waals surface area contributed by atoms with Crippen molar-refractivity contribution < 1.29 is 19.0 Å². The van der Waals surface area contributed by atoms with Crippen LogP contribution in [-0.4, -0.2) is 60.8 Å². The zero-order valence-electron chi connectivity index (χ0n) is 23.9. The molecule has 2 aromatic heterocycles. The molecule has 4 rings (SSSR count). The molecular weight excluding hydrogens is 565 g/mol. The van der Waals surface area contributed by atoms with E-state index in [0.717, 1.165) is 31.2 Å². The van der Waals surface area contributed by atoms with E-state index in [1.807, 2.05) is 6.07 Å². The van der Waals surface area contributed by atoms with Gasteiger partial charge >= 0.3 is 0 Å². The number of benzene rings is 1. The minimum Gasteiger partial charge on any atom is -0.495 e. The average Bonchev–Trinajstić information content (AvgIpc) is 3.38. The molecule has 0 saturated carbocycles. The molecule has 3 aromatic rings. The number of fused-ring (bicyclic) bond motifs is 1. The molecule has 2 atom stereocenters. The van der Waals surface area contributed by atoms with E-state index in [-0.39, 0.29) is 17.7 Å². The predicted molar refractivity (Wildman–Crippen MR) is 165 cm³/mol. The number of hydrogen-bond acceptors (Lipinski definition) is 9. The van der Waals surface area contributed by atoms with E-state index in [9.17, 15) is 4.79 Å². The molecule has 2 N–H and O–H groups in total. The molecule has 3 heterocycles. The van der Waals surface area contributed by atoms with E-state index in [1.54, 1.807) is 12.3 Å². The van der Waals surface area contributed by atoms with E-state index in [4.69, 9.17) is 47.4 Å². The maximum atomic E-state index is 12.0. The summed E-state index contributed by atoms with van der Waals surface area (Å²) in [6, 6.07) is 3.39. The third kappa shape index (κ3) is 7.39. The molecule has 0 spiro atoms. The Bertz CT molecular complexity index is 1370. The first-order valence-corrected chi connectivity index (χ1v) is 14.5. The van der Waals surface area contributed by atoms with Gasteiger partial charge in [0, 0.05) is 42.1 Å². The van der Waals surface area contributed by atoms with Crippen LogP contribution in [0.1, 0.15) is 39.5 Å². The predicted octanol–water partition coefficient (Wildman–Crippen LogP) is 6.83. The van der Waals surface area contributed by atoms with Crippen LogP contribution in [0.3, 0.4) is 0 Å². The molecule has 0 unspecified atom stereocenters. The second-order valence-electron chi connectivity index (χ2n) is 10.5. The summed E-state index contributed by atoms with van der Waals surface area (Å²) in [7, 11) is 3.07. The quantitative estimate of drug-likeness (QED) is 0.152. The zero-order valence-corrected chi connectivity index (χ0v) is 25.4. The third-order valence-corrected chi connectivity index (χ3v) is 7.85. The Morgan fingerprint density at radius 1 is 1.15 bits per heavy atom. The van der Waals surface area contributed by atoms with E-state index in [1.165, 1.54) is 20.3 Å². The summed E-state index contributed by atoms with van der Waals surface area (Å²) < 4.78 is 16.6. The Morgan fingerprint density at radius 2 is 1.88 bits per heavy atom. The van der Waals surface area contributed by atoms with Crippen LogP contribution in [0.2, 0.25) is 10.0 Å². The first-order chi connectivity index (χ1) is 19.7. The third-order valence-electron chi connectivity index (χ3n) is 7.10. The van der Waals surface area contributed by atoms with Crippen molar-refractivity contribution in [1.82, 2.24) is 15.0 Å². The van der Waals surface area contributed by atoms with Crippen molar-refractivity contribution in [3.05, 3.63) is 41.0 Å². The van der Waals surface area contributed by atoms with Crippen molar-refractivity contribution in [2.45, 2.75) is 45.6 Å². The molecule has 220 valence electrons. The van der Waals surface area contributed by atoms with Gasteiger partial charge < -0.3 is 24.8 Å². The van der Waals surface area contributed by atoms with Crippen molar-refractivity contribution >= 4 is 51.7 Å². The lowest BCUT2D eigenvalue weighted by Gasteiger charge is -2.19. The molecule has 1 saturated heterocycles. The van der Waals surface area contributed by atoms with Crippen molar-refractivity contribution in [2.24, 2.45) is 11.8 Å². The molecule has 0 aliphatic carbocycles. The summed E-state index contributed by atoms with van der Waals surface area (Å²) in [5.74, 6) is 2.50. The van der Waals surface area contributed by atoms with Gasteiger partial charge in [-0.15, -0.1) is 0 Å². The molecule has 0 bridgehead atoms. The Labute approximate surface area is 251 Å². The molecule has 1 fully saturated rings. The number of carbonyl (C=O) groups is 1. The number of hydrogen-bond donors (Lipinski definition) is 2. The number of halogens is 2. The molecule has 9 nitrogen and oxygen atoms in total. The molecule has 1 aliphatic heterocycles. The minimum atomic E-state index is -0.0992. The van der Waals surface area contributed by atoms with Crippen molar-refractivity contribution in [2.75, 3.05) is 44.6 Å². The molecule has 11 heteroatoms. The van der Waals surface area contributed by atoms with Gasteiger partial charge in [0.15, 0.2) is 11.6 Å². The Balaban J connectivity index is 1.72. The fraction of sp³-hybridized carbons (Fsp3) is 0.467. The lowest BCUT2D eigenvalue weighted by Crippen LogP contribution is -2.30. The highest BCUT2D eigenvalue weighted by Crippen LogP contribution is 2.46. The maximum Gasteiger partial charge on any atom is 0.223 e. The van der Waals surface area contributed by atoms with Crippen LogP contribution in [0.15, 0.2) is 31.0 Å². The minimum absolute atomic E-state index is 0.00572. The van der Waals surface area contributed by atoms with Gasteiger partial charge in [0.05, 0.1) is 49.2 Å². The van der Waals surface area contributed by atoms with Gasteiger partial charge in [-0.1, -0.05) is 56.5 Å². The average molecular weight is 603 g/mol. The highest BCUT2D eigenvalue weighted by atomic mass is 35.5. The van der Waals surface area contributed by atoms with Gasteiger partial charge in [-0.3, -0.25) is 4.79 Å². The number of carbonyl (C=O) groups excluding carboxylic acids is 1. The lowest BCUT2D eigenvalue weighted by molar-refractivity contribution is -0.115. The fourth-order valence-electron chi connectivity index (χ4n) is 4.82. The topological polar surface area (TPSA) is 107 Å². The van der Waals surface area contributed by atoms with E-state index >= 15 is 0 Å². The highest BCUT2D eigenvalue weighted by Gasteiger charge is 2.30. The van der Waals surface area contributed by atoms with Gasteiger partial charge in [-0.2, -0.15) is 0 Å². The number of ketones is 1. The van der Waals surface area contributed by atoms with Gasteiger partial charge in [-0.05, 0) is 24.5 Å². The van der Waals surface area contributed by atoms with Crippen LogP contribution in [0.25, 0.3) is 22.2 Å². The molecular formula is C30H37Cl2N5O4. The number of allylic oxidation sites excluding steroid dienone is 1. The number of ether oxygens (including phenoxy) is 3. The number of unbranched alkanes of at least 4 members (excludes halogenated alkanes) is 1. The maximum absolute atomic E-state index is 12.0. The molecule has 41 heavy (non-hydrogen) atoms. The summed E-state index contributed by atoms with van der Waals surface area (Å²) in [6.45, 7) is 9.70. The largest absolute Gasteiger partial charge is 0.495 e. The summed E-state index contributed by atoms with van der Waals surface area (Å²) >= 11 is 13.5. The van der Waals surface area contributed by atoms with Gasteiger partial charge in [0.2, 0.25) is 5.95 Å². The summed E-state index contributed by atoms with van der Waals surface area (Å²) in [4.78, 5) is 26.3. The Morgan fingerprint density at radius 3 is 2.54 bits per heavy atom. The monoisotopic (exact) mass is 601 g/mol. The van der Waals surface area contributed by atoms with Crippen molar-refractivity contribution in [3.8, 4) is 22.8 Å². The number of nitrogens with one attached hydrogen (secondary N) is 2. The van der Waals surface area contributed by atoms with Crippen LogP contribution < -0.4 is 20.1 Å². The summed E-state index contributed by atoms with van der Waals surface area (Å²) in [5.41, 5.74) is 1.68. The number of nitrogens with zero attached hydrogens (tertiary/aromatic N) is 3. The van der Waals surface area contributed by atoms with E-state index < -0.39 is 0 Å². The second-order valence-corrected chi connectivity index (χ2v) is 11.3. The second kappa shape index (κ2) is 14.2. The highest BCUT2D eigenvalue weighted by molar-refractivity contribution is 6.41. The Kier molecular flexibility index (Phi) is 10.6. The number of methoxy groups -OCH3 is 2. The first-order valence-electron chi connectivity index (χ1n) is 13.8. The van der Waals surface area contributed by atoms with Gasteiger partial charge in [-0.25, -0.2) is 15.0 Å². The normalized spacial score (nSPS) is 16.7. The smallest absolute Gasteiger partial charge is 0.223 e. The van der Waals surface area contributed by atoms with Crippen LogP contribution in [-0.2, 0) is 9.53 Å². The summed E-state index contributed by atoms with van der Waals surface area (Å²) in [6.07, 6.45) is 6.67. The molecule has 0 amide bonds. The fourth-order valence-corrected chi connectivity index (χ4v) is 5.52. The zero-order chi connectivity index (χ0) is 29.5. The SMILES string of the molecule is C=CC(=O)C[C@H]1COC[C@H]1Nc1ncc2cc(-c3c(Cl)c(OC)cc(OC)c3Cl)nc(NCCCCC(C)C)c2n1. The van der Waals surface area contributed by atoms with E-state index in [2.05, 4.69) is 36.0 Å². The van der Waals surface area contributed by atoms with Crippen molar-refractivity contribution in [1.29, 1.82) is 0 Å². The molecule has 1 aromatic carbocycles. The van der Waals surface area contributed by atoms with Gasteiger partial charge in [0.1, 0.15) is 17.0 Å².